The number of hydrogen-bond donors (Lipinski definition) is 2. The molecule has 3 rings (SSSR count). The van der Waals surface area contributed by atoms with E-state index in [0.29, 0.717) is 17.9 Å². The number of aromatic hydroxyl groups is 2. The Morgan fingerprint density at radius 3 is 2.00 bits per heavy atom. The second-order valence-electron chi connectivity index (χ2n) is 9.47. The van der Waals surface area contributed by atoms with Crippen molar-refractivity contribution in [1.82, 2.24) is 0 Å². The quantitative estimate of drug-likeness (QED) is 0.551. The zero-order chi connectivity index (χ0) is 20.0. The van der Waals surface area contributed by atoms with Crippen molar-refractivity contribution < 1.29 is 10.2 Å². The number of phenolic OH excluding ortho intramolecular Hbond substituents is 2. The lowest BCUT2D eigenvalue weighted by molar-refractivity contribution is 0.437. The Bertz CT molecular complexity index is 986. The summed E-state index contributed by atoms with van der Waals surface area (Å²) in [6.07, 6.45) is 0.496. The smallest absolute Gasteiger partial charge is 0.123 e. The number of fused-ring (bicyclic) bond motifs is 1. The van der Waals surface area contributed by atoms with Crippen LogP contribution in [0.25, 0.3) is 10.8 Å². The highest BCUT2D eigenvalue weighted by atomic mass is 16.3. The van der Waals surface area contributed by atoms with E-state index < -0.39 is 0 Å². The van der Waals surface area contributed by atoms with E-state index in [2.05, 4.69) is 53.7 Å². The van der Waals surface area contributed by atoms with Gasteiger partial charge in [-0.3, -0.25) is 0 Å². The van der Waals surface area contributed by atoms with Crippen LogP contribution in [0.2, 0.25) is 0 Å². The largest absolute Gasteiger partial charge is 0.507 e. The third-order valence-electron chi connectivity index (χ3n) is 5.16. The first-order valence-corrected chi connectivity index (χ1v) is 9.55. The van der Waals surface area contributed by atoms with Gasteiger partial charge in [0.1, 0.15) is 11.5 Å². The molecule has 142 valence electrons. The van der Waals surface area contributed by atoms with Gasteiger partial charge in [0.05, 0.1) is 0 Å². The van der Waals surface area contributed by atoms with Gasteiger partial charge in [-0.05, 0) is 44.4 Å². The van der Waals surface area contributed by atoms with E-state index in [1.807, 2.05) is 36.4 Å². The highest BCUT2D eigenvalue weighted by Gasteiger charge is 2.25. The molecule has 0 amide bonds. The van der Waals surface area contributed by atoms with Crippen molar-refractivity contribution in [3.63, 3.8) is 0 Å². The van der Waals surface area contributed by atoms with Crippen LogP contribution in [0.4, 0.5) is 0 Å². The highest BCUT2D eigenvalue weighted by Crippen LogP contribution is 2.41. The van der Waals surface area contributed by atoms with Crippen LogP contribution in [0, 0.1) is 0 Å². The van der Waals surface area contributed by atoms with Gasteiger partial charge in [0.15, 0.2) is 0 Å². The molecule has 0 spiro atoms. The third-order valence-corrected chi connectivity index (χ3v) is 5.16. The first-order chi connectivity index (χ1) is 12.5. The molecule has 0 aliphatic carbocycles. The molecule has 0 aliphatic rings. The Balaban J connectivity index is 2.19. The average Bonchev–Trinajstić information content (AvgIpc) is 2.55. The lowest BCUT2D eigenvalue weighted by Crippen LogP contribution is -2.13. The molecule has 3 aromatic rings. The van der Waals surface area contributed by atoms with Crippen LogP contribution in [0.3, 0.4) is 0 Å². The summed E-state index contributed by atoms with van der Waals surface area (Å²) in [6.45, 7) is 12.6. The molecular formula is C25H30O2. The minimum Gasteiger partial charge on any atom is -0.507 e. The van der Waals surface area contributed by atoms with Crippen molar-refractivity contribution in [3.05, 3.63) is 70.8 Å². The minimum atomic E-state index is -0.186. The van der Waals surface area contributed by atoms with Crippen molar-refractivity contribution in [3.8, 4) is 11.5 Å². The van der Waals surface area contributed by atoms with Crippen LogP contribution < -0.4 is 0 Å². The third kappa shape index (κ3) is 3.66. The molecule has 0 aromatic heterocycles. The summed E-state index contributed by atoms with van der Waals surface area (Å²) in [5.74, 6) is 0.664. The molecule has 3 aromatic carbocycles. The maximum Gasteiger partial charge on any atom is 0.123 e. The van der Waals surface area contributed by atoms with Gasteiger partial charge in [0, 0.05) is 12.0 Å². The van der Waals surface area contributed by atoms with Gasteiger partial charge in [-0.2, -0.15) is 0 Å². The van der Waals surface area contributed by atoms with Crippen LogP contribution >= 0.6 is 0 Å². The summed E-state index contributed by atoms with van der Waals surface area (Å²) >= 11 is 0. The van der Waals surface area contributed by atoms with Crippen molar-refractivity contribution in [2.45, 2.75) is 58.8 Å². The fourth-order valence-corrected chi connectivity index (χ4v) is 3.83. The zero-order valence-electron chi connectivity index (χ0n) is 17.2. The average molecular weight is 363 g/mol. The van der Waals surface area contributed by atoms with Gasteiger partial charge in [-0.25, -0.2) is 0 Å². The van der Waals surface area contributed by atoms with Gasteiger partial charge < -0.3 is 10.2 Å². The van der Waals surface area contributed by atoms with Gasteiger partial charge >= 0.3 is 0 Å². The fraction of sp³-hybridized carbons (Fsp3) is 0.360. The summed E-state index contributed by atoms with van der Waals surface area (Å²) in [7, 11) is 0. The molecular weight excluding hydrogens is 332 g/mol. The SMILES string of the molecule is CC(C)(C)c1cccc(Cc2cc3ccccc3c(C(C)(C)C)c2O)c1O. The molecule has 2 N–H and O–H groups in total. The lowest BCUT2D eigenvalue weighted by atomic mass is 9.80. The Morgan fingerprint density at radius 2 is 1.37 bits per heavy atom. The summed E-state index contributed by atoms with van der Waals surface area (Å²) < 4.78 is 0. The van der Waals surface area contributed by atoms with E-state index in [1.165, 1.54) is 0 Å². The van der Waals surface area contributed by atoms with Crippen molar-refractivity contribution >= 4 is 10.8 Å². The number of hydrogen-bond acceptors (Lipinski definition) is 2. The Labute approximate surface area is 162 Å². The van der Waals surface area contributed by atoms with Crippen LogP contribution in [0.15, 0.2) is 48.5 Å². The van der Waals surface area contributed by atoms with E-state index in [0.717, 1.165) is 33.0 Å². The van der Waals surface area contributed by atoms with Crippen LogP contribution in [0.1, 0.15) is 63.8 Å². The highest BCUT2D eigenvalue weighted by molar-refractivity contribution is 5.90. The monoisotopic (exact) mass is 362 g/mol. The number of para-hydroxylation sites is 1. The first kappa shape index (κ1) is 19.3. The number of phenols is 2. The Kier molecular flexibility index (Phi) is 4.71. The van der Waals surface area contributed by atoms with Crippen LogP contribution in [-0.4, -0.2) is 10.2 Å². The second kappa shape index (κ2) is 6.60. The maximum absolute atomic E-state index is 11.1. The molecule has 2 nitrogen and oxygen atoms in total. The summed E-state index contributed by atoms with van der Waals surface area (Å²) in [4.78, 5) is 0. The molecule has 0 atom stereocenters. The summed E-state index contributed by atoms with van der Waals surface area (Å²) in [5, 5.41) is 24.2. The summed E-state index contributed by atoms with van der Waals surface area (Å²) in [5.41, 5.74) is 3.25. The molecule has 0 aliphatic heterocycles. The Morgan fingerprint density at radius 1 is 0.704 bits per heavy atom. The lowest BCUT2D eigenvalue weighted by Gasteiger charge is -2.25. The zero-order valence-corrected chi connectivity index (χ0v) is 17.2. The van der Waals surface area contributed by atoms with Crippen molar-refractivity contribution in [1.29, 1.82) is 0 Å². The number of rotatable bonds is 2. The molecule has 0 fully saturated rings. The predicted octanol–water partition coefficient (Wildman–Crippen LogP) is 6.44. The minimum absolute atomic E-state index is 0.137. The van der Waals surface area contributed by atoms with E-state index >= 15 is 0 Å². The van der Waals surface area contributed by atoms with Gasteiger partial charge in [0.2, 0.25) is 0 Å². The molecule has 0 unspecified atom stereocenters. The van der Waals surface area contributed by atoms with Gasteiger partial charge in [-0.1, -0.05) is 84.0 Å². The van der Waals surface area contributed by atoms with Crippen LogP contribution in [-0.2, 0) is 17.3 Å². The first-order valence-electron chi connectivity index (χ1n) is 9.55. The van der Waals surface area contributed by atoms with Gasteiger partial charge in [-0.15, -0.1) is 0 Å². The molecule has 27 heavy (non-hydrogen) atoms. The fourth-order valence-electron chi connectivity index (χ4n) is 3.83. The molecule has 0 saturated carbocycles. The number of benzene rings is 3. The normalized spacial score (nSPS) is 12.5. The predicted molar refractivity (Wildman–Crippen MR) is 114 cm³/mol. The van der Waals surface area contributed by atoms with E-state index in [-0.39, 0.29) is 10.8 Å². The molecule has 0 heterocycles. The summed E-state index contributed by atoms with van der Waals surface area (Å²) in [6, 6.07) is 16.1. The maximum atomic E-state index is 11.1. The molecule has 0 radical (unpaired) electrons. The topological polar surface area (TPSA) is 40.5 Å². The van der Waals surface area contributed by atoms with Gasteiger partial charge in [0.25, 0.3) is 0 Å². The van der Waals surface area contributed by atoms with E-state index in [1.54, 1.807) is 0 Å². The molecule has 0 bridgehead atoms. The van der Waals surface area contributed by atoms with E-state index in [9.17, 15) is 10.2 Å². The Hall–Kier alpha value is -2.48. The van der Waals surface area contributed by atoms with Crippen molar-refractivity contribution in [2.75, 3.05) is 0 Å². The molecule has 2 heteroatoms. The van der Waals surface area contributed by atoms with E-state index in [4.69, 9.17) is 0 Å². The second-order valence-corrected chi connectivity index (χ2v) is 9.47. The van der Waals surface area contributed by atoms with Crippen LogP contribution in [0.5, 0.6) is 11.5 Å². The standard InChI is InChI=1S/C25H30O2/c1-24(2,3)20-13-9-11-17(22(20)26)15-18-14-16-10-7-8-12-19(16)21(23(18)27)25(4,5)6/h7-14,26-27H,15H2,1-6H3. The van der Waals surface area contributed by atoms with Crippen molar-refractivity contribution in [2.24, 2.45) is 0 Å². The molecule has 0 saturated heterocycles.